The fraction of sp³-hybridized carbons (Fsp3) is 0.800. The van der Waals surface area contributed by atoms with Gasteiger partial charge in [0.05, 0.1) is 6.61 Å². The van der Waals surface area contributed by atoms with Crippen molar-refractivity contribution < 1.29 is 15.0 Å². The molecular formula is C5H10O3. The SMILES string of the molecule is CC(=O)[C@@](C)(O)CO. The highest BCUT2D eigenvalue weighted by Gasteiger charge is 2.24. The quantitative estimate of drug-likeness (QED) is 0.505. The maximum Gasteiger partial charge on any atom is 0.163 e. The van der Waals surface area contributed by atoms with E-state index in [2.05, 4.69) is 0 Å². The van der Waals surface area contributed by atoms with Crippen LogP contribution in [0.25, 0.3) is 0 Å². The fourth-order valence-electron chi connectivity index (χ4n) is 0.111. The van der Waals surface area contributed by atoms with Crippen LogP contribution in [0.4, 0.5) is 0 Å². The van der Waals surface area contributed by atoms with Gasteiger partial charge in [0.2, 0.25) is 0 Å². The van der Waals surface area contributed by atoms with E-state index >= 15 is 0 Å². The molecule has 0 aromatic rings. The molecule has 0 fully saturated rings. The molecule has 0 aliphatic heterocycles. The topological polar surface area (TPSA) is 57.5 Å². The van der Waals surface area contributed by atoms with Gasteiger partial charge in [0.15, 0.2) is 5.78 Å². The third-order valence-corrected chi connectivity index (χ3v) is 1.07. The van der Waals surface area contributed by atoms with Crippen LogP contribution in [0.15, 0.2) is 0 Å². The molecule has 0 saturated heterocycles. The Balaban J connectivity index is 3.91. The van der Waals surface area contributed by atoms with Crippen molar-refractivity contribution in [2.24, 2.45) is 0 Å². The highest BCUT2D eigenvalue weighted by Crippen LogP contribution is 2.00. The molecule has 3 nitrogen and oxygen atoms in total. The minimum absolute atomic E-state index is 0.417. The minimum atomic E-state index is -1.54. The summed E-state index contributed by atoms with van der Waals surface area (Å²) < 4.78 is 0. The Morgan fingerprint density at radius 3 is 2.12 bits per heavy atom. The lowest BCUT2D eigenvalue weighted by Crippen LogP contribution is -2.36. The van der Waals surface area contributed by atoms with Gasteiger partial charge >= 0.3 is 0 Å². The predicted molar refractivity (Wildman–Crippen MR) is 28.4 cm³/mol. The molecule has 48 valence electrons. The van der Waals surface area contributed by atoms with Gasteiger partial charge in [-0.3, -0.25) is 4.79 Å². The molecule has 1 atom stereocenters. The number of aliphatic hydroxyl groups excluding tert-OH is 1. The molecule has 0 bridgehead atoms. The molecule has 0 radical (unpaired) electrons. The fourth-order valence-corrected chi connectivity index (χ4v) is 0.111. The number of Topliss-reactive ketones (excluding diaryl/α,β-unsaturated/α-hetero) is 1. The molecule has 0 amide bonds. The molecule has 2 N–H and O–H groups in total. The highest BCUT2D eigenvalue weighted by atomic mass is 16.3. The molecule has 0 rings (SSSR count). The Morgan fingerprint density at radius 1 is 1.75 bits per heavy atom. The molecule has 0 aliphatic carbocycles. The summed E-state index contributed by atoms with van der Waals surface area (Å²) in [4.78, 5) is 10.3. The van der Waals surface area contributed by atoms with E-state index in [0.29, 0.717) is 0 Å². The first-order valence-electron chi connectivity index (χ1n) is 2.35. The van der Waals surface area contributed by atoms with E-state index in [-0.39, 0.29) is 0 Å². The summed E-state index contributed by atoms with van der Waals surface area (Å²) in [6.45, 7) is 1.99. The van der Waals surface area contributed by atoms with Crippen molar-refractivity contribution in [3.63, 3.8) is 0 Å². The molecule has 0 spiro atoms. The second kappa shape index (κ2) is 2.24. The zero-order valence-corrected chi connectivity index (χ0v) is 5.01. The normalized spacial score (nSPS) is 17.5. The summed E-state index contributed by atoms with van der Waals surface area (Å²) >= 11 is 0. The van der Waals surface area contributed by atoms with Crippen LogP contribution in [0.1, 0.15) is 13.8 Å². The molecule has 0 aromatic carbocycles. The van der Waals surface area contributed by atoms with E-state index in [0.717, 1.165) is 0 Å². The van der Waals surface area contributed by atoms with Gasteiger partial charge in [0, 0.05) is 0 Å². The van der Waals surface area contributed by atoms with Crippen molar-refractivity contribution in [2.45, 2.75) is 19.4 Å². The lowest BCUT2D eigenvalue weighted by atomic mass is 10.0. The molecule has 0 heterocycles. The number of carbonyl (C=O) groups is 1. The van der Waals surface area contributed by atoms with Gasteiger partial charge in [-0.25, -0.2) is 0 Å². The zero-order chi connectivity index (χ0) is 6.78. The van der Waals surface area contributed by atoms with Crippen LogP contribution < -0.4 is 0 Å². The number of ketones is 1. The van der Waals surface area contributed by atoms with Crippen molar-refractivity contribution >= 4 is 5.78 Å². The third-order valence-electron chi connectivity index (χ3n) is 1.07. The molecule has 0 saturated carbocycles. The van der Waals surface area contributed by atoms with Crippen LogP contribution in [0, 0.1) is 0 Å². The van der Waals surface area contributed by atoms with Crippen molar-refractivity contribution in [3.05, 3.63) is 0 Å². The Labute approximate surface area is 47.9 Å². The van der Waals surface area contributed by atoms with Gasteiger partial charge in [-0.15, -0.1) is 0 Å². The van der Waals surface area contributed by atoms with E-state index in [9.17, 15) is 4.79 Å². The third kappa shape index (κ3) is 1.60. The van der Waals surface area contributed by atoms with Crippen molar-refractivity contribution in [1.82, 2.24) is 0 Å². The van der Waals surface area contributed by atoms with E-state index in [1.54, 1.807) is 0 Å². The van der Waals surface area contributed by atoms with Gasteiger partial charge in [-0.2, -0.15) is 0 Å². The minimum Gasteiger partial charge on any atom is -0.393 e. The Bertz CT molecular complexity index is 95.8. The summed E-state index contributed by atoms with van der Waals surface area (Å²) in [7, 11) is 0. The smallest absolute Gasteiger partial charge is 0.163 e. The first-order valence-corrected chi connectivity index (χ1v) is 2.35. The Hall–Kier alpha value is -0.410. The van der Waals surface area contributed by atoms with Gasteiger partial charge in [-0.1, -0.05) is 0 Å². The van der Waals surface area contributed by atoms with Gasteiger partial charge in [0.25, 0.3) is 0 Å². The lowest BCUT2D eigenvalue weighted by molar-refractivity contribution is -0.136. The largest absolute Gasteiger partial charge is 0.393 e. The molecule has 0 unspecified atom stereocenters. The summed E-state index contributed by atoms with van der Waals surface area (Å²) in [5.74, 6) is -0.417. The average molecular weight is 118 g/mol. The van der Waals surface area contributed by atoms with Crippen LogP contribution in [0.3, 0.4) is 0 Å². The Kier molecular flexibility index (Phi) is 2.12. The molecule has 8 heavy (non-hydrogen) atoms. The van der Waals surface area contributed by atoms with Crippen LogP contribution in [0.2, 0.25) is 0 Å². The summed E-state index contributed by atoms with van der Waals surface area (Å²) in [6.07, 6.45) is 0. The van der Waals surface area contributed by atoms with Crippen LogP contribution in [-0.2, 0) is 4.79 Å². The predicted octanol–water partition coefficient (Wildman–Crippen LogP) is -0.681. The molecule has 0 aromatic heterocycles. The number of rotatable bonds is 2. The highest BCUT2D eigenvalue weighted by molar-refractivity contribution is 5.84. The summed E-state index contributed by atoms with van der Waals surface area (Å²) in [6, 6.07) is 0. The second-order valence-corrected chi connectivity index (χ2v) is 1.99. The molecule has 0 aliphatic rings. The van der Waals surface area contributed by atoms with E-state index in [1.165, 1.54) is 13.8 Å². The van der Waals surface area contributed by atoms with Crippen LogP contribution in [-0.4, -0.2) is 28.2 Å². The average Bonchev–Trinajstić information content (AvgIpc) is 1.67. The van der Waals surface area contributed by atoms with Crippen LogP contribution >= 0.6 is 0 Å². The standard InChI is InChI=1S/C5H10O3/c1-4(7)5(2,8)3-6/h6,8H,3H2,1-2H3/t5-/m0/s1. The van der Waals surface area contributed by atoms with Crippen molar-refractivity contribution in [2.75, 3.05) is 6.61 Å². The summed E-state index contributed by atoms with van der Waals surface area (Å²) in [5, 5.41) is 17.1. The van der Waals surface area contributed by atoms with Crippen molar-refractivity contribution in [1.29, 1.82) is 0 Å². The number of carbonyl (C=O) groups excluding carboxylic acids is 1. The van der Waals surface area contributed by atoms with Crippen molar-refractivity contribution in [3.8, 4) is 0 Å². The van der Waals surface area contributed by atoms with E-state index in [4.69, 9.17) is 10.2 Å². The van der Waals surface area contributed by atoms with Gasteiger partial charge in [-0.05, 0) is 13.8 Å². The van der Waals surface area contributed by atoms with Crippen LogP contribution in [0.5, 0.6) is 0 Å². The maximum absolute atomic E-state index is 10.3. The maximum atomic E-state index is 10.3. The lowest BCUT2D eigenvalue weighted by Gasteiger charge is -2.14. The zero-order valence-electron chi connectivity index (χ0n) is 5.01. The van der Waals surface area contributed by atoms with E-state index in [1.807, 2.05) is 0 Å². The molecule has 3 heteroatoms. The Morgan fingerprint density at radius 2 is 2.12 bits per heavy atom. The molecular weight excluding hydrogens is 108 g/mol. The number of hydrogen-bond donors (Lipinski definition) is 2. The second-order valence-electron chi connectivity index (χ2n) is 1.99. The summed E-state index contributed by atoms with van der Waals surface area (Å²) in [5.41, 5.74) is -1.54. The van der Waals surface area contributed by atoms with Gasteiger partial charge in [0.1, 0.15) is 5.60 Å². The van der Waals surface area contributed by atoms with Gasteiger partial charge < -0.3 is 10.2 Å². The van der Waals surface area contributed by atoms with E-state index < -0.39 is 18.0 Å². The first kappa shape index (κ1) is 7.59. The number of aliphatic hydroxyl groups is 2. The first-order chi connectivity index (χ1) is 3.50. The number of hydrogen-bond acceptors (Lipinski definition) is 3. The monoisotopic (exact) mass is 118 g/mol.